The molecular formula is C15H17F3N6O6. The molecule has 0 aromatic carbocycles. The Kier molecular flexibility index (Phi) is 8.00. The normalized spacial score (nSPS) is 22.1. The van der Waals surface area contributed by atoms with Crippen LogP contribution in [0.5, 0.6) is 0 Å². The Labute approximate surface area is 165 Å². The zero-order valence-electron chi connectivity index (χ0n) is 15.2. The van der Waals surface area contributed by atoms with Gasteiger partial charge in [-0.05, 0) is 5.53 Å². The highest BCUT2D eigenvalue weighted by Crippen LogP contribution is 2.26. The predicted octanol–water partition coefficient (Wildman–Crippen LogP) is -1.06. The number of H-pyrrole nitrogens is 1. The number of hydrogen-bond acceptors (Lipinski definition) is 8. The zero-order valence-corrected chi connectivity index (χ0v) is 15.2. The molecule has 1 saturated heterocycles. The van der Waals surface area contributed by atoms with Crippen molar-refractivity contribution in [3.8, 4) is 11.8 Å². The Morgan fingerprint density at radius 2 is 2.27 bits per heavy atom. The first-order chi connectivity index (χ1) is 14.2. The van der Waals surface area contributed by atoms with Crippen LogP contribution < -0.4 is 16.6 Å². The third-order valence-corrected chi connectivity index (χ3v) is 4.04. The smallest absolute Gasteiger partial charge is 0.394 e. The van der Waals surface area contributed by atoms with Crippen molar-refractivity contribution in [2.45, 2.75) is 30.7 Å². The van der Waals surface area contributed by atoms with E-state index in [1.165, 1.54) is 0 Å². The molecule has 1 aliphatic rings. The number of halogens is 3. The summed E-state index contributed by atoms with van der Waals surface area (Å²) >= 11 is 0. The maximum atomic E-state index is 12.2. The molecule has 2 rings (SSSR count). The maximum Gasteiger partial charge on any atom is 0.427 e. The number of azide groups is 1. The molecule has 12 nitrogen and oxygen atoms in total. The van der Waals surface area contributed by atoms with E-state index in [2.05, 4.69) is 21.9 Å². The van der Waals surface area contributed by atoms with Gasteiger partial charge in [-0.1, -0.05) is 17.0 Å². The van der Waals surface area contributed by atoms with E-state index in [9.17, 15) is 27.9 Å². The Balaban J connectivity index is 2.24. The first kappa shape index (κ1) is 23.4. The van der Waals surface area contributed by atoms with Gasteiger partial charge in [-0.15, -0.1) is 0 Å². The average molecular weight is 434 g/mol. The Morgan fingerprint density at radius 3 is 2.90 bits per heavy atom. The van der Waals surface area contributed by atoms with Gasteiger partial charge in [-0.3, -0.25) is 19.7 Å². The SMILES string of the molecule is [N-]=[N+]=NCOC1C(CO)OCC1n1cc(C#CCNC(O)C(F)(F)F)c(=O)[nH]c1=O. The van der Waals surface area contributed by atoms with Gasteiger partial charge >= 0.3 is 11.9 Å². The summed E-state index contributed by atoms with van der Waals surface area (Å²) in [7, 11) is 0. The molecule has 0 amide bonds. The highest BCUT2D eigenvalue weighted by molar-refractivity contribution is 5.30. The van der Waals surface area contributed by atoms with Crippen molar-refractivity contribution in [3.05, 3.63) is 43.0 Å². The number of aliphatic hydroxyl groups is 2. The lowest BCUT2D eigenvalue weighted by Gasteiger charge is -2.22. The van der Waals surface area contributed by atoms with Crippen molar-refractivity contribution in [2.24, 2.45) is 5.11 Å². The molecule has 0 aliphatic carbocycles. The highest BCUT2D eigenvalue weighted by atomic mass is 19.4. The van der Waals surface area contributed by atoms with Crippen LogP contribution in [0, 0.1) is 11.8 Å². The Morgan fingerprint density at radius 1 is 1.53 bits per heavy atom. The van der Waals surface area contributed by atoms with E-state index in [-0.39, 0.29) is 12.2 Å². The van der Waals surface area contributed by atoms with Gasteiger partial charge in [-0.2, -0.15) is 13.2 Å². The molecule has 1 fully saturated rings. The molecule has 15 heteroatoms. The summed E-state index contributed by atoms with van der Waals surface area (Å²) in [5.74, 6) is 4.55. The summed E-state index contributed by atoms with van der Waals surface area (Å²) < 4.78 is 48.4. The molecule has 1 aromatic heterocycles. The van der Waals surface area contributed by atoms with E-state index < -0.39 is 61.8 Å². The lowest BCUT2D eigenvalue weighted by molar-refractivity contribution is -0.212. The molecule has 4 atom stereocenters. The quantitative estimate of drug-likeness (QED) is 0.139. The number of alkyl halides is 3. The fraction of sp³-hybridized carbons (Fsp3) is 0.600. The summed E-state index contributed by atoms with van der Waals surface area (Å²) in [6.45, 7) is -1.51. The lowest BCUT2D eigenvalue weighted by atomic mass is 10.1. The van der Waals surface area contributed by atoms with Crippen molar-refractivity contribution < 1.29 is 32.9 Å². The fourth-order valence-corrected chi connectivity index (χ4v) is 2.64. The number of ether oxygens (including phenoxy) is 2. The van der Waals surface area contributed by atoms with E-state index in [4.69, 9.17) is 20.1 Å². The summed E-state index contributed by atoms with van der Waals surface area (Å²) in [6.07, 6.45) is -8.30. The monoisotopic (exact) mass is 434 g/mol. The Hall–Kier alpha value is -2.86. The van der Waals surface area contributed by atoms with Crippen LogP contribution in [0.4, 0.5) is 13.2 Å². The second kappa shape index (κ2) is 10.3. The van der Waals surface area contributed by atoms with Crippen LogP contribution in [0.1, 0.15) is 11.6 Å². The molecule has 4 N–H and O–H groups in total. The van der Waals surface area contributed by atoms with Gasteiger partial charge in [0, 0.05) is 11.1 Å². The topological polar surface area (TPSA) is 175 Å². The standard InChI is InChI=1S/C15H17F3N6O6/c16-15(17,18)13(27)20-3-1-2-8-4-24(14(28)22-12(8)26)9-6-29-10(5-25)11(9)30-7-21-23-19/h4,9-11,13,20,25,27H,3,5-7H2,(H,22,26,28). The lowest BCUT2D eigenvalue weighted by Crippen LogP contribution is -2.42. The Bertz CT molecular complexity index is 961. The molecule has 0 spiro atoms. The van der Waals surface area contributed by atoms with Gasteiger partial charge in [0.25, 0.3) is 5.56 Å². The number of nitrogens with zero attached hydrogens (tertiary/aromatic N) is 4. The van der Waals surface area contributed by atoms with Crippen LogP contribution in [-0.4, -0.2) is 70.9 Å². The second-order valence-electron chi connectivity index (χ2n) is 5.95. The first-order valence-corrected chi connectivity index (χ1v) is 8.36. The van der Waals surface area contributed by atoms with Gasteiger partial charge in [-0.25, -0.2) is 4.79 Å². The van der Waals surface area contributed by atoms with Crippen LogP contribution in [0.3, 0.4) is 0 Å². The summed E-state index contributed by atoms with van der Waals surface area (Å²) in [5, 5.41) is 23.1. The third-order valence-electron chi connectivity index (χ3n) is 4.04. The molecular weight excluding hydrogens is 417 g/mol. The fourth-order valence-electron chi connectivity index (χ4n) is 2.64. The van der Waals surface area contributed by atoms with Crippen molar-refractivity contribution in [2.75, 3.05) is 26.5 Å². The van der Waals surface area contributed by atoms with Crippen LogP contribution in [0.25, 0.3) is 10.4 Å². The van der Waals surface area contributed by atoms with E-state index in [0.29, 0.717) is 0 Å². The van der Waals surface area contributed by atoms with Crippen molar-refractivity contribution in [1.82, 2.24) is 14.9 Å². The predicted molar refractivity (Wildman–Crippen MR) is 93.0 cm³/mol. The van der Waals surface area contributed by atoms with Crippen LogP contribution >= 0.6 is 0 Å². The molecule has 1 aromatic rings. The first-order valence-electron chi connectivity index (χ1n) is 8.36. The van der Waals surface area contributed by atoms with E-state index >= 15 is 0 Å². The molecule has 0 radical (unpaired) electrons. The minimum atomic E-state index is -4.87. The number of aromatic nitrogens is 2. The highest BCUT2D eigenvalue weighted by Gasteiger charge is 2.40. The second-order valence-corrected chi connectivity index (χ2v) is 5.95. The summed E-state index contributed by atoms with van der Waals surface area (Å²) in [4.78, 5) is 28.7. The number of aliphatic hydroxyl groups excluding tert-OH is 2. The summed E-state index contributed by atoms with van der Waals surface area (Å²) in [6, 6.07) is -0.814. The van der Waals surface area contributed by atoms with Crippen molar-refractivity contribution in [3.63, 3.8) is 0 Å². The largest absolute Gasteiger partial charge is 0.427 e. The minimum absolute atomic E-state index is 0.0791. The van der Waals surface area contributed by atoms with Gasteiger partial charge in [0.1, 0.15) is 24.5 Å². The van der Waals surface area contributed by atoms with Gasteiger partial charge in [0.2, 0.25) is 6.23 Å². The molecule has 4 unspecified atom stereocenters. The van der Waals surface area contributed by atoms with Crippen molar-refractivity contribution in [1.29, 1.82) is 0 Å². The van der Waals surface area contributed by atoms with Crippen LogP contribution in [0.15, 0.2) is 20.9 Å². The van der Waals surface area contributed by atoms with E-state index in [1.807, 2.05) is 4.98 Å². The zero-order chi connectivity index (χ0) is 22.3. The maximum absolute atomic E-state index is 12.2. The number of aromatic amines is 1. The average Bonchev–Trinajstić information content (AvgIpc) is 3.08. The molecule has 0 bridgehead atoms. The third kappa shape index (κ3) is 5.83. The van der Waals surface area contributed by atoms with Crippen LogP contribution in [0.2, 0.25) is 0 Å². The van der Waals surface area contributed by atoms with Gasteiger partial charge < -0.3 is 19.7 Å². The van der Waals surface area contributed by atoms with Crippen LogP contribution in [-0.2, 0) is 9.47 Å². The van der Waals surface area contributed by atoms with E-state index in [1.54, 1.807) is 5.32 Å². The molecule has 164 valence electrons. The molecule has 0 saturated carbocycles. The molecule has 2 heterocycles. The minimum Gasteiger partial charge on any atom is -0.394 e. The number of hydrogen-bond donors (Lipinski definition) is 4. The summed E-state index contributed by atoms with van der Waals surface area (Å²) in [5.41, 5.74) is 6.40. The van der Waals surface area contributed by atoms with Gasteiger partial charge in [0.05, 0.1) is 25.8 Å². The molecule has 30 heavy (non-hydrogen) atoms. The number of rotatable bonds is 7. The van der Waals surface area contributed by atoms with Crippen molar-refractivity contribution >= 4 is 0 Å². The van der Waals surface area contributed by atoms with E-state index in [0.717, 1.165) is 10.8 Å². The number of nitrogens with one attached hydrogen (secondary N) is 2. The molecule has 1 aliphatic heterocycles. The van der Waals surface area contributed by atoms with Gasteiger partial charge in [0.15, 0.2) is 0 Å².